The summed E-state index contributed by atoms with van der Waals surface area (Å²) in [5, 5.41) is 7.27. The Bertz CT molecular complexity index is 1010. The third kappa shape index (κ3) is 4.26. The summed E-state index contributed by atoms with van der Waals surface area (Å²) < 4.78 is 0. The normalized spacial score (nSPS) is 22.9. The van der Waals surface area contributed by atoms with Gasteiger partial charge in [-0.05, 0) is 74.4 Å². The number of carbonyl (C=O) groups excluding carboxylic acids is 2. The van der Waals surface area contributed by atoms with Crippen molar-refractivity contribution in [1.29, 1.82) is 0 Å². The van der Waals surface area contributed by atoms with Crippen molar-refractivity contribution in [3.05, 3.63) is 63.6 Å². The molecule has 2 aromatic carbocycles. The van der Waals surface area contributed by atoms with Crippen molar-refractivity contribution in [3.63, 3.8) is 0 Å². The number of carbonyl (C=O) groups is 2. The lowest BCUT2D eigenvalue weighted by Crippen LogP contribution is -2.54. The number of benzene rings is 2. The van der Waals surface area contributed by atoms with Gasteiger partial charge in [-0.1, -0.05) is 41.4 Å². The van der Waals surface area contributed by atoms with Gasteiger partial charge in [-0.25, -0.2) is 4.79 Å². The summed E-state index contributed by atoms with van der Waals surface area (Å²) in [4.78, 5) is 28.2. The van der Waals surface area contributed by atoms with Crippen molar-refractivity contribution < 1.29 is 9.59 Å². The van der Waals surface area contributed by atoms with E-state index in [-0.39, 0.29) is 23.9 Å². The Morgan fingerprint density at radius 2 is 2.00 bits per heavy atom. The van der Waals surface area contributed by atoms with Gasteiger partial charge in [-0.2, -0.15) is 0 Å². The van der Waals surface area contributed by atoms with Gasteiger partial charge in [-0.15, -0.1) is 0 Å². The quantitative estimate of drug-likeness (QED) is 0.654. The number of rotatable bonds is 4. The number of likely N-dealkylation sites (tertiary alicyclic amines) is 1. The second-order valence-electron chi connectivity index (χ2n) is 8.81. The topological polar surface area (TPSA) is 61.4 Å². The van der Waals surface area contributed by atoms with Crippen LogP contribution >= 0.6 is 23.2 Å². The Hall–Kier alpha value is -2.24. The second-order valence-corrected chi connectivity index (χ2v) is 9.68. The Balaban J connectivity index is 1.75. The summed E-state index contributed by atoms with van der Waals surface area (Å²) in [6.45, 7) is 5.11. The van der Waals surface area contributed by atoms with Crippen LogP contribution in [-0.2, 0) is 16.6 Å². The Kier molecular flexibility index (Phi) is 6.18. The Morgan fingerprint density at radius 1 is 1.23 bits per heavy atom. The van der Waals surface area contributed by atoms with Crippen LogP contribution in [0, 0.1) is 5.92 Å². The number of halogens is 2. The Labute approximate surface area is 193 Å². The van der Waals surface area contributed by atoms with E-state index in [1.807, 2.05) is 55.1 Å². The summed E-state index contributed by atoms with van der Waals surface area (Å²) >= 11 is 12.5. The lowest BCUT2D eigenvalue weighted by Gasteiger charge is -2.42. The standard InChI is InChI=1S/C24H27Cl2N3O2/c1-15(2)27-23(31)29-10-4-6-17(14-29)24(13-16-5-3-7-18(25)11-16)20-9-8-19(26)12-21(20)28-22(24)30/h3,5,7-9,11-12,15,17H,4,6,10,13-14H2,1-2H3,(H,27,31)(H,28,30). The van der Waals surface area contributed by atoms with E-state index in [9.17, 15) is 9.59 Å². The minimum atomic E-state index is -0.790. The molecular weight excluding hydrogens is 433 g/mol. The summed E-state index contributed by atoms with van der Waals surface area (Å²) in [7, 11) is 0. The summed E-state index contributed by atoms with van der Waals surface area (Å²) in [6, 6.07) is 13.2. The van der Waals surface area contributed by atoms with Gasteiger partial charge in [-0.3, -0.25) is 4.79 Å². The van der Waals surface area contributed by atoms with E-state index in [2.05, 4.69) is 10.6 Å². The van der Waals surface area contributed by atoms with Gasteiger partial charge in [0.2, 0.25) is 5.91 Å². The number of nitrogens with one attached hydrogen (secondary N) is 2. The van der Waals surface area contributed by atoms with E-state index >= 15 is 0 Å². The fraction of sp³-hybridized carbons (Fsp3) is 0.417. The van der Waals surface area contributed by atoms with E-state index in [0.717, 1.165) is 29.7 Å². The molecule has 2 aliphatic heterocycles. The molecule has 0 aromatic heterocycles. The molecule has 7 heteroatoms. The molecule has 2 atom stereocenters. The molecule has 31 heavy (non-hydrogen) atoms. The molecule has 2 aromatic rings. The molecule has 2 unspecified atom stereocenters. The lowest BCUT2D eigenvalue weighted by atomic mass is 9.65. The van der Waals surface area contributed by atoms with Gasteiger partial charge in [0.25, 0.3) is 0 Å². The Morgan fingerprint density at radius 3 is 2.74 bits per heavy atom. The lowest BCUT2D eigenvalue weighted by molar-refractivity contribution is -0.123. The van der Waals surface area contributed by atoms with Crippen LogP contribution in [0.25, 0.3) is 0 Å². The number of hydrogen-bond donors (Lipinski definition) is 2. The molecule has 5 nitrogen and oxygen atoms in total. The van der Waals surface area contributed by atoms with Crippen LogP contribution < -0.4 is 10.6 Å². The first kappa shape index (κ1) is 22.0. The van der Waals surface area contributed by atoms with Gasteiger partial charge >= 0.3 is 6.03 Å². The fourth-order valence-electron chi connectivity index (χ4n) is 4.96. The second kappa shape index (κ2) is 8.71. The molecule has 1 saturated heterocycles. The van der Waals surface area contributed by atoms with Gasteiger partial charge in [0.05, 0.1) is 5.41 Å². The molecule has 0 saturated carbocycles. The van der Waals surface area contributed by atoms with Crippen LogP contribution in [-0.4, -0.2) is 36.0 Å². The van der Waals surface area contributed by atoms with E-state index in [4.69, 9.17) is 23.2 Å². The summed E-state index contributed by atoms with van der Waals surface area (Å²) in [6.07, 6.45) is 2.23. The zero-order chi connectivity index (χ0) is 22.2. The number of anilines is 1. The highest BCUT2D eigenvalue weighted by atomic mass is 35.5. The molecule has 0 aliphatic carbocycles. The van der Waals surface area contributed by atoms with Crippen LogP contribution in [0.5, 0.6) is 0 Å². The van der Waals surface area contributed by atoms with Crippen LogP contribution in [0.2, 0.25) is 10.0 Å². The van der Waals surface area contributed by atoms with Crippen LogP contribution in [0.15, 0.2) is 42.5 Å². The molecule has 164 valence electrons. The van der Waals surface area contributed by atoms with Crippen LogP contribution in [0.4, 0.5) is 10.5 Å². The van der Waals surface area contributed by atoms with Crippen molar-refractivity contribution >= 4 is 40.8 Å². The van der Waals surface area contributed by atoms with Crippen LogP contribution in [0.3, 0.4) is 0 Å². The van der Waals surface area contributed by atoms with E-state index in [1.165, 1.54) is 0 Å². The number of urea groups is 1. The molecule has 2 N–H and O–H groups in total. The largest absolute Gasteiger partial charge is 0.336 e. The van der Waals surface area contributed by atoms with E-state index in [0.29, 0.717) is 29.6 Å². The van der Waals surface area contributed by atoms with Crippen molar-refractivity contribution in [2.45, 2.75) is 44.6 Å². The smallest absolute Gasteiger partial charge is 0.317 e. The molecule has 2 aliphatic rings. The summed E-state index contributed by atoms with van der Waals surface area (Å²) in [5.41, 5.74) is 1.90. The number of nitrogens with zero attached hydrogens (tertiary/aromatic N) is 1. The SMILES string of the molecule is CC(C)NC(=O)N1CCCC(C2(Cc3cccc(Cl)c3)C(=O)Nc3cc(Cl)ccc32)C1. The number of fused-ring (bicyclic) bond motifs is 1. The fourth-order valence-corrected chi connectivity index (χ4v) is 5.35. The average molecular weight is 460 g/mol. The highest BCUT2D eigenvalue weighted by Crippen LogP contribution is 2.49. The van der Waals surface area contributed by atoms with Gasteiger partial charge in [0, 0.05) is 34.9 Å². The number of hydrogen-bond acceptors (Lipinski definition) is 2. The van der Waals surface area contributed by atoms with Gasteiger partial charge in [0.15, 0.2) is 0 Å². The average Bonchev–Trinajstić information content (AvgIpc) is 2.99. The first-order chi connectivity index (χ1) is 14.8. The molecule has 0 bridgehead atoms. The highest BCUT2D eigenvalue weighted by Gasteiger charge is 2.53. The maximum Gasteiger partial charge on any atom is 0.317 e. The molecular formula is C24H27Cl2N3O2. The predicted octanol–water partition coefficient (Wildman–Crippen LogP) is 5.26. The van der Waals surface area contributed by atoms with Gasteiger partial charge in [0.1, 0.15) is 0 Å². The highest BCUT2D eigenvalue weighted by molar-refractivity contribution is 6.31. The summed E-state index contributed by atoms with van der Waals surface area (Å²) in [5.74, 6) is -0.0681. The maximum atomic E-state index is 13.6. The molecule has 0 spiro atoms. The van der Waals surface area contributed by atoms with Crippen molar-refractivity contribution in [2.24, 2.45) is 5.92 Å². The third-order valence-corrected chi connectivity index (χ3v) is 6.78. The monoisotopic (exact) mass is 459 g/mol. The third-order valence-electron chi connectivity index (χ3n) is 6.31. The molecule has 4 rings (SSSR count). The van der Waals surface area contributed by atoms with Crippen molar-refractivity contribution in [1.82, 2.24) is 10.2 Å². The predicted molar refractivity (Wildman–Crippen MR) is 125 cm³/mol. The zero-order valence-electron chi connectivity index (χ0n) is 17.8. The minimum Gasteiger partial charge on any atom is -0.336 e. The molecule has 1 fully saturated rings. The molecule has 2 heterocycles. The van der Waals surface area contributed by atoms with Crippen LogP contribution in [0.1, 0.15) is 37.8 Å². The van der Waals surface area contributed by atoms with Crippen molar-refractivity contribution in [3.8, 4) is 0 Å². The maximum absolute atomic E-state index is 13.6. The molecule has 3 amide bonds. The number of amides is 3. The van der Waals surface area contributed by atoms with Gasteiger partial charge < -0.3 is 15.5 Å². The van der Waals surface area contributed by atoms with Crippen molar-refractivity contribution in [2.75, 3.05) is 18.4 Å². The van der Waals surface area contributed by atoms with E-state index in [1.54, 1.807) is 6.07 Å². The first-order valence-corrected chi connectivity index (χ1v) is 11.5. The first-order valence-electron chi connectivity index (χ1n) is 10.7. The minimum absolute atomic E-state index is 0.0273. The number of piperidine rings is 1. The van der Waals surface area contributed by atoms with E-state index < -0.39 is 5.41 Å². The zero-order valence-corrected chi connectivity index (χ0v) is 19.3. The molecule has 0 radical (unpaired) electrons.